The summed E-state index contributed by atoms with van der Waals surface area (Å²) in [7, 11) is 0. The third kappa shape index (κ3) is 5.80. The zero-order chi connectivity index (χ0) is 23.0. The summed E-state index contributed by atoms with van der Waals surface area (Å²) in [6, 6.07) is 10.8. The predicted molar refractivity (Wildman–Crippen MR) is 134 cm³/mol. The van der Waals surface area contributed by atoms with Crippen molar-refractivity contribution in [2.45, 2.75) is 51.4 Å². The lowest BCUT2D eigenvalue weighted by Crippen LogP contribution is -2.35. The molecular formula is C29H36N2O2. The van der Waals surface area contributed by atoms with Gasteiger partial charge in [0.1, 0.15) is 0 Å². The van der Waals surface area contributed by atoms with Gasteiger partial charge in [-0.25, -0.2) is 0 Å². The molecular weight excluding hydrogens is 408 g/mol. The van der Waals surface area contributed by atoms with Gasteiger partial charge < -0.3 is 10.2 Å². The molecule has 0 bridgehead atoms. The number of likely N-dealkylation sites (tertiary alicyclic amines) is 1. The number of rotatable bonds is 9. The Morgan fingerprint density at radius 2 is 1.85 bits per heavy atom. The van der Waals surface area contributed by atoms with Gasteiger partial charge in [0.25, 0.3) is 0 Å². The van der Waals surface area contributed by atoms with Crippen LogP contribution in [-0.4, -0.2) is 42.8 Å². The van der Waals surface area contributed by atoms with Crippen molar-refractivity contribution in [3.05, 3.63) is 83.0 Å². The third-order valence-electron chi connectivity index (χ3n) is 7.13. The smallest absolute Gasteiger partial charge is 0.231 e. The molecule has 3 aliphatic rings. The molecule has 0 spiro atoms. The molecule has 2 aliphatic carbocycles. The number of fused-ring (bicyclic) bond motifs is 1. The molecule has 1 N–H and O–H groups in total. The average Bonchev–Trinajstić information content (AvgIpc) is 2.87. The lowest BCUT2D eigenvalue weighted by molar-refractivity contribution is -0.122. The molecule has 4 nitrogen and oxygen atoms in total. The first-order valence-electron chi connectivity index (χ1n) is 12.6. The Morgan fingerprint density at radius 1 is 1.06 bits per heavy atom. The second-order valence-corrected chi connectivity index (χ2v) is 9.36. The van der Waals surface area contributed by atoms with Gasteiger partial charge in [-0.15, -0.1) is 0 Å². The Hall–Kier alpha value is -2.72. The van der Waals surface area contributed by atoms with Crippen molar-refractivity contribution in [2.75, 3.05) is 26.2 Å². The van der Waals surface area contributed by atoms with Gasteiger partial charge in [-0.3, -0.25) is 9.59 Å². The van der Waals surface area contributed by atoms with Gasteiger partial charge in [0.05, 0.1) is 5.92 Å². The van der Waals surface area contributed by atoms with Crippen molar-refractivity contribution in [3.8, 4) is 0 Å². The minimum Gasteiger partial charge on any atom is -0.355 e. The lowest BCUT2D eigenvalue weighted by Gasteiger charge is -2.32. The molecule has 1 aliphatic heterocycles. The SMILES string of the molecule is CCCCCNC(=O)C1C=CC=C2C(=O)C(CCN3CCC(c4ccccc4)CC3)=CC=C21. The molecule has 0 saturated carbocycles. The maximum Gasteiger partial charge on any atom is 0.231 e. The number of hydrogen-bond acceptors (Lipinski definition) is 3. The van der Waals surface area contributed by atoms with E-state index in [2.05, 4.69) is 47.5 Å². The fraction of sp³-hybridized carbons (Fsp3) is 0.448. The van der Waals surface area contributed by atoms with Crippen LogP contribution in [0, 0.1) is 5.92 Å². The second-order valence-electron chi connectivity index (χ2n) is 9.36. The molecule has 1 aromatic rings. The standard InChI is InChI=1S/C29H36N2O2/c1-2-3-7-18-30-29(33)27-12-8-11-26-25(27)14-13-24(28(26)32)17-21-31-19-15-23(16-20-31)22-9-5-4-6-10-22/h4-6,8-14,23,27H,2-3,7,15-21H2,1H3,(H,30,33). The number of ketones is 1. The molecule has 1 aromatic carbocycles. The van der Waals surface area contributed by atoms with Crippen LogP contribution >= 0.6 is 0 Å². The van der Waals surface area contributed by atoms with Crippen molar-refractivity contribution in [1.82, 2.24) is 10.2 Å². The predicted octanol–water partition coefficient (Wildman–Crippen LogP) is 5.11. The molecule has 1 amide bonds. The molecule has 0 radical (unpaired) electrons. The van der Waals surface area contributed by atoms with Crippen LogP contribution < -0.4 is 5.32 Å². The van der Waals surface area contributed by atoms with Crippen LogP contribution in [0.2, 0.25) is 0 Å². The minimum atomic E-state index is -0.370. The quantitative estimate of drug-likeness (QED) is 0.539. The number of carbonyl (C=O) groups excluding carboxylic acids is 2. The maximum atomic E-state index is 13.2. The number of hydrogen-bond donors (Lipinski definition) is 1. The Labute approximate surface area is 198 Å². The van der Waals surface area contributed by atoms with E-state index >= 15 is 0 Å². The van der Waals surface area contributed by atoms with Crippen LogP contribution in [0.4, 0.5) is 0 Å². The fourth-order valence-corrected chi connectivity index (χ4v) is 5.09. The van der Waals surface area contributed by atoms with Crippen LogP contribution in [0.15, 0.2) is 77.4 Å². The van der Waals surface area contributed by atoms with Gasteiger partial charge in [-0.2, -0.15) is 0 Å². The number of allylic oxidation sites excluding steroid dienone is 5. The van der Waals surface area contributed by atoms with E-state index in [1.807, 2.05) is 30.4 Å². The summed E-state index contributed by atoms with van der Waals surface area (Å²) < 4.78 is 0. The number of carbonyl (C=O) groups is 2. The Bertz CT molecular complexity index is 963. The lowest BCUT2D eigenvalue weighted by atomic mass is 9.80. The summed E-state index contributed by atoms with van der Waals surface area (Å²) in [5.74, 6) is 0.350. The third-order valence-corrected chi connectivity index (χ3v) is 7.13. The van der Waals surface area contributed by atoms with E-state index in [0.717, 1.165) is 56.5 Å². The molecule has 1 unspecified atom stereocenters. The first-order valence-corrected chi connectivity index (χ1v) is 12.6. The summed E-state index contributed by atoms with van der Waals surface area (Å²) in [5, 5.41) is 3.03. The minimum absolute atomic E-state index is 0.00913. The monoisotopic (exact) mass is 444 g/mol. The first-order chi connectivity index (χ1) is 16.2. The highest BCUT2D eigenvalue weighted by Gasteiger charge is 2.31. The molecule has 174 valence electrons. The molecule has 0 aromatic heterocycles. The molecule has 4 heteroatoms. The topological polar surface area (TPSA) is 49.4 Å². The van der Waals surface area contributed by atoms with Crippen LogP contribution in [0.25, 0.3) is 0 Å². The van der Waals surface area contributed by atoms with Gasteiger partial charge in [0, 0.05) is 24.2 Å². The summed E-state index contributed by atoms with van der Waals surface area (Å²) >= 11 is 0. The molecule has 4 rings (SSSR count). The first kappa shape index (κ1) is 23.4. The summed E-state index contributed by atoms with van der Waals surface area (Å²) in [5.41, 5.74) is 3.82. The summed E-state index contributed by atoms with van der Waals surface area (Å²) in [4.78, 5) is 28.4. The second kappa shape index (κ2) is 11.4. The molecule has 1 atom stereocenters. The van der Waals surface area contributed by atoms with Crippen LogP contribution in [0.3, 0.4) is 0 Å². The van der Waals surface area contributed by atoms with Gasteiger partial charge in [-0.05, 0) is 55.8 Å². The van der Waals surface area contributed by atoms with Gasteiger partial charge in [-0.1, -0.05) is 80.5 Å². The van der Waals surface area contributed by atoms with E-state index < -0.39 is 0 Å². The van der Waals surface area contributed by atoms with Crippen LogP contribution in [0.1, 0.15) is 56.9 Å². The highest BCUT2D eigenvalue weighted by Crippen LogP contribution is 2.33. The van der Waals surface area contributed by atoms with E-state index in [1.54, 1.807) is 0 Å². The number of nitrogens with one attached hydrogen (secondary N) is 1. The number of unbranched alkanes of at least 4 members (excludes halogenated alkanes) is 2. The highest BCUT2D eigenvalue weighted by atomic mass is 16.2. The summed E-state index contributed by atoms with van der Waals surface area (Å²) in [6.07, 6.45) is 15.9. The number of nitrogens with zero attached hydrogens (tertiary/aromatic N) is 1. The largest absolute Gasteiger partial charge is 0.355 e. The van der Waals surface area contributed by atoms with Crippen molar-refractivity contribution in [3.63, 3.8) is 0 Å². The number of amides is 1. The molecule has 1 fully saturated rings. The van der Waals surface area contributed by atoms with Gasteiger partial charge >= 0.3 is 0 Å². The van der Waals surface area contributed by atoms with Crippen molar-refractivity contribution in [2.24, 2.45) is 5.92 Å². The van der Waals surface area contributed by atoms with Gasteiger partial charge in [0.2, 0.25) is 5.91 Å². The van der Waals surface area contributed by atoms with Crippen LogP contribution in [-0.2, 0) is 9.59 Å². The van der Waals surface area contributed by atoms with E-state index in [1.165, 1.54) is 18.4 Å². The zero-order valence-electron chi connectivity index (χ0n) is 19.8. The molecule has 1 saturated heterocycles. The zero-order valence-corrected chi connectivity index (χ0v) is 19.8. The van der Waals surface area contributed by atoms with Crippen molar-refractivity contribution >= 4 is 11.7 Å². The molecule has 33 heavy (non-hydrogen) atoms. The number of benzene rings is 1. The van der Waals surface area contributed by atoms with Crippen molar-refractivity contribution < 1.29 is 9.59 Å². The normalized spacial score (nSPS) is 21.2. The number of Topliss-reactive ketones (excluding diaryl/α,β-unsaturated/α-hetero) is 1. The van der Waals surface area contributed by atoms with Gasteiger partial charge in [0.15, 0.2) is 5.78 Å². The highest BCUT2D eigenvalue weighted by molar-refractivity contribution is 6.14. The fourth-order valence-electron chi connectivity index (χ4n) is 5.09. The Kier molecular flexibility index (Phi) is 8.11. The van der Waals surface area contributed by atoms with Crippen LogP contribution in [0.5, 0.6) is 0 Å². The van der Waals surface area contributed by atoms with E-state index in [-0.39, 0.29) is 17.6 Å². The summed E-state index contributed by atoms with van der Waals surface area (Å²) in [6.45, 7) is 5.91. The average molecular weight is 445 g/mol. The van der Waals surface area contributed by atoms with E-state index in [4.69, 9.17) is 0 Å². The Morgan fingerprint density at radius 3 is 2.61 bits per heavy atom. The van der Waals surface area contributed by atoms with Crippen molar-refractivity contribution in [1.29, 1.82) is 0 Å². The maximum absolute atomic E-state index is 13.2. The van der Waals surface area contributed by atoms with E-state index in [9.17, 15) is 9.59 Å². The molecule has 1 heterocycles. The Balaban J connectivity index is 1.31. The van der Waals surface area contributed by atoms with E-state index in [0.29, 0.717) is 18.0 Å². The number of piperidine rings is 1.